The minimum absolute atomic E-state index is 0.174. The molecule has 0 heterocycles. The number of carboxylic acids is 3. The number of ether oxygens (including phenoxy) is 1. The highest BCUT2D eigenvalue weighted by Gasteiger charge is 2.30. The van der Waals surface area contributed by atoms with Crippen LogP contribution in [-0.2, 0) is 49.7 Å². The van der Waals surface area contributed by atoms with E-state index >= 15 is 0 Å². The van der Waals surface area contributed by atoms with Crippen LogP contribution in [0.15, 0.2) is 132 Å². The zero-order valence-corrected chi connectivity index (χ0v) is 33.0. The maximum atomic E-state index is 13.3. The fraction of sp³-hybridized carbons (Fsp3) is 0.133. The maximum absolute atomic E-state index is 13.3. The van der Waals surface area contributed by atoms with E-state index in [1.165, 1.54) is 60.7 Å². The first-order valence-electron chi connectivity index (χ1n) is 17.8. The van der Waals surface area contributed by atoms with Crippen molar-refractivity contribution in [3.8, 4) is 39.1 Å². The summed E-state index contributed by atoms with van der Waals surface area (Å²) in [6.45, 7) is 0. The quantitative estimate of drug-likeness (QED) is 0.108. The molecule has 0 saturated carbocycles. The number of halogens is 6. The van der Waals surface area contributed by atoms with Gasteiger partial charge in [-0.3, -0.25) is 14.4 Å². The summed E-state index contributed by atoms with van der Waals surface area (Å²) >= 11 is 0. The van der Waals surface area contributed by atoms with E-state index in [1.807, 2.05) is 12.1 Å². The highest BCUT2D eigenvalue weighted by atomic mass is 32.2. The van der Waals surface area contributed by atoms with Crippen LogP contribution in [-0.4, -0.2) is 55.0 Å². The summed E-state index contributed by atoms with van der Waals surface area (Å²) in [6.07, 6.45) is -4.25. The largest absolute Gasteiger partial charge is 0.497 e. The molecule has 0 aliphatic heterocycles. The number of carboxylic acid groups (broad SMARTS) is 3. The summed E-state index contributed by atoms with van der Waals surface area (Å²) in [5, 5.41) is 26.6. The van der Waals surface area contributed by atoms with Crippen molar-refractivity contribution < 1.29 is 69.2 Å². The van der Waals surface area contributed by atoms with Crippen LogP contribution < -0.4 is 4.74 Å². The van der Waals surface area contributed by atoms with Gasteiger partial charge in [-0.2, -0.15) is 13.2 Å². The molecule has 16 heteroatoms. The lowest BCUT2D eigenvalue weighted by Gasteiger charge is -2.11. The molecule has 0 aromatic heterocycles. The van der Waals surface area contributed by atoms with Gasteiger partial charge >= 0.3 is 24.1 Å². The van der Waals surface area contributed by atoms with Gasteiger partial charge in [-0.05, 0) is 123 Å². The Labute approximate surface area is 346 Å². The lowest BCUT2D eigenvalue weighted by molar-refractivity contribution is -0.138. The molecule has 6 rings (SSSR count). The minimum atomic E-state index is -4.44. The Morgan fingerprint density at radius 2 is 0.836 bits per heavy atom. The SMILES string of the molecule is COc1ccc(-c2ccc(F)cc2CC(=O)O)cc1.CS(=O)(=O)c1ccc(-c2ccc(F)cc2CC(=O)O)cc1.O=C(O)Cc1cc(F)ccc1-c1ccc(C(F)(F)F)cc1. The zero-order valence-electron chi connectivity index (χ0n) is 32.2. The molecule has 0 amide bonds. The molecular formula is C45H36F6O9S. The average molecular weight is 867 g/mol. The zero-order chi connectivity index (χ0) is 45.1. The number of hydrogen-bond acceptors (Lipinski definition) is 6. The fourth-order valence-corrected chi connectivity index (χ4v) is 6.58. The van der Waals surface area contributed by atoms with Crippen molar-refractivity contribution in [1.29, 1.82) is 0 Å². The van der Waals surface area contributed by atoms with Gasteiger partial charge in [-0.25, -0.2) is 21.6 Å². The average Bonchev–Trinajstić information content (AvgIpc) is 3.17. The second kappa shape index (κ2) is 20.4. The van der Waals surface area contributed by atoms with Crippen LogP contribution in [0.5, 0.6) is 5.75 Å². The summed E-state index contributed by atoms with van der Waals surface area (Å²) in [7, 11) is -1.72. The van der Waals surface area contributed by atoms with Gasteiger partial charge in [0.15, 0.2) is 9.84 Å². The summed E-state index contributed by atoms with van der Waals surface area (Å²) in [4.78, 5) is 32.6. The van der Waals surface area contributed by atoms with Crippen molar-refractivity contribution in [2.24, 2.45) is 0 Å². The number of hydrogen-bond donors (Lipinski definition) is 3. The van der Waals surface area contributed by atoms with Crippen molar-refractivity contribution in [3.05, 3.63) is 167 Å². The lowest BCUT2D eigenvalue weighted by Crippen LogP contribution is -2.05. The van der Waals surface area contributed by atoms with E-state index in [0.717, 1.165) is 36.1 Å². The third-order valence-corrected chi connectivity index (χ3v) is 9.87. The molecule has 0 unspecified atom stereocenters. The molecule has 0 fully saturated rings. The number of rotatable bonds is 11. The Bertz CT molecular complexity index is 2610. The van der Waals surface area contributed by atoms with E-state index in [4.69, 9.17) is 20.1 Å². The first-order valence-corrected chi connectivity index (χ1v) is 19.7. The van der Waals surface area contributed by atoms with E-state index in [2.05, 4.69) is 0 Å². The van der Waals surface area contributed by atoms with E-state index in [1.54, 1.807) is 37.4 Å². The van der Waals surface area contributed by atoms with E-state index in [9.17, 15) is 49.1 Å². The highest BCUT2D eigenvalue weighted by molar-refractivity contribution is 7.90. The van der Waals surface area contributed by atoms with Crippen LogP contribution in [0.25, 0.3) is 33.4 Å². The Balaban J connectivity index is 0.000000202. The molecule has 318 valence electrons. The molecule has 0 aliphatic carbocycles. The van der Waals surface area contributed by atoms with Crippen LogP contribution in [0.1, 0.15) is 22.3 Å². The smallest absolute Gasteiger partial charge is 0.416 e. The second-order valence-corrected chi connectivity index (χ2v) is 15.2. The van der Waals surface area contributed by atoms with Crippen LogP contribution in [0.2, 0.25) is 0 Å². The fourth-order valence-electron chi connectivity index (χ4n) is 5.95. The monoisotopic (exact) mass is 866 g/mol. The topological polar surface area (TPSA) is 155 Å². The van der Waals surface area contributed by atoms with Crippen molar-refractivity contribution in [2.45, 2.75) is 30.3 Å². The third-order valence-electron chi connectivity index (χ3n) is 8.74. The van der Waals surface area contributed by atoms with E-state index < -0.39 is 63.4 Å². The van der Waals surface area contributed by atoms with E-state index in [-0.39, 0.29) is 23.3 Å². The van der Waals surface area contributed by atoms with Gasteiger partial charge in [-0.15, -0.1) is 0 Å². The molecule has 0 spiro atoms. The summed E-state index contributed by atoms with van der Waals surface area (Å²) < 4.78 is 105. The lowest BCUT2D eigenvalue weighted by atomic mass is 9.96. The van der Waals surface area contributed by atoms with Crippen molar-refractivity contribution in [3.63, 3.8) is 0 Å². The first-order chi connectivity index (χ1) is 28.6. The number of carbonyl (C=O) groups is 3. The molecule has 0 radical (unpaired) electrons. The predicted molar refractivity (Wildman–Crippen MR) is 214 cm³/mol. The maximum Gasteiger partial charge on any atom is 0.416 e. The Morgan fingerprint density at radius 3 is 1.11 bits per heavy atom. The van der Waals surface area contributed by atoms with Gasteiger partial charge in [0.05, 0.1) is 36.8 Å². The Morgan fingerprint density at radius 1 is 0.525 bits per heavy atom. The summed E-state index contributed by atoms with van der Waals surface area (Å²) in [6, 6.07) is 29.2. The molecule has 6 aromatic rings. The Kier molecular flexibility index (Phi) is 15.6. The standard InChI is InChI=1S/C15H10F4O2.C15H13FO4S.C15H13FO3/c16-12-5-6-13(10(7-12)8-14(20)21)9-1-3-11(4-2-9)15(17,18)19;1-21(19,20)13-5-2-10(3-6-13)14-7-4-12(16)8-11(14)9-15(17)18;1-19-13-5-2-10(3-6-13)14-7-4-12(16)8-11(14)9-15(17)18/h1-7H,8H2,(H,20,21);2-8H,9H2,1H3,(H,17,18);2-8H,9H2,1H3,(H,17,18). The molecular weight excluding hydrogens is 831 g/mol. The molecule has 3 N–H and O–H groups in total. The number of benzene rings is 6. The first kappa shape index (κ1) is 46.7. The van der Waals surface area contributed by atoms with Crippen molar-refractivity contribution in [2.75, 3.05) is 13.4 Å². The summed E-state index contributed by atoms with van der Waals surface area (Å²) in [5.41, 5.74) is 3.76. The van der Waals surface area contributed by atoms with Gasteiger partial charge in [-0.1, -0.05) is 54.6 Å². The summed E-state index contributed by atoms with van der Waals surface area (Å²) in [5.74, 6) is -4.02. The van der Waals surface area contributed by atoms with Crippen molar-refractivity contribution >= 4 is 27.7 Å². The molecule has 0 bridgehead atoms. The van der Waals surface area contributed by atoms with Gasteiger partial charge in [0, 0.05) is 6.26 Å². The van der Waals surface area contributed by atoms with Crippen LogP contribution in [0, 0.1) is 17.5 Å². The Hall–Kier alpha value is -6.94. The van der Waals surface area contributed by atoms with Crippen LogP contribution >= 0.6 is 0 Å². The number of methoxy groups -OCH3 is 1. The molecule has 9 nitrogen and oxygen atoms in total. The second-order valence-electron chi connectivity index (χ2n) is 13.2. The van der Waals surface area contributed by atoms with Gasteiger partial charge in [0.2, 0.25) is 0 Å². The third kappa shape index (κ3) is 13.8. The van der Waals surface area contributed by atoms with Crippen LogP contribution in [0.3, 0.4) is 0 Å². The normalized spacial score (nSPS) is 11.0. The van der Waals surface area contributed by atoms with Gasteiger partial charge in [0.1, 0.15) is 23.2 Å². The van der Waals surface area contributed by atoms with E-state index in [0.29, 0.717) is 44.7 Å². The van der Waals surface area contributed by atoms with Crippen LogP contribution in [0.4, 0.5) is 26.3 Å². The predicted octanol–water partition coefficient (Wildman–Crippen LogP) is 9.79. The number of sulfone groups is 1. The minimum Gasteiger partial charge on any atom is -0.497 e. The number of alkyl halides is 3. The van der Waals surface area contributed by atoms with Gasteiger partial charge < -0.3 is 20.1 Å². The molecule has 0 saturated heterocycles. The molecule has 0 atom stereocenters. The van der Waals surface area contributed by atoms with Crippen molar-refractivity contribution in [1.82, 2.24) is 0 Å². The number of aliphatic carboxylic acids is 3. The highest BCUT2D eigenvalue weighted by Crippen LogP contribution is 2.33. The molecule has 6 aromatic carbocycles. The molecule has 0 aliphatic rings. The van der Waals surface area contributed by atoms with Gasteiger partial charge in [0.25, 0.3) is 0 Å². The molecule has 61 heavy (non-hydrogen) atoms.